The van der Waals surface area contributed by atoms with E-state index >= 15 is 0 Å². The summed E-state index contributed by atoms with van der Waals surface area (Å²) in [6, 6.07) is 13.0. The Morgan fingerprint density at radius 3 is 2.33 bits per heavy atom. The zero-order chi connectivity index (χ0) is 13.0. The van der Waals surface area contributed by atoms with Crippen LogP contribution in [0.15, 0.2) is 40.9 Å². The molecule has 0 saturated carbocycles. The second-order valence-corrected chi connectivity index (χ2v) is 6.58. The topological polar surface area (TPSA) is 26.0 Å². The van der Waals surface area contributed by atoms with Gasteiger partial charge in [0.05, 0.1) is 0 Å². The summed E-state index contributed by atoms with van der Waals surface area (Å²) in [7, 11) is 0. The summed E-state index contributed by atoms with van der Waals surface area (Å²) in [6.45, 7) is 2.89. The fraction of sp³-hybridized carbons (Fsp3) is 0.333. The minimum atomic E-state index is 0.418. The number of hydrogen-bond acceptors (Lipinski definition) is 2. The Labute approximate surface area is 121 Å². The highest BCUT2D eigenvalue weighted by molar-refractivity contribution is 9.10. The van der Waals surface area contributed by atoms with Crippen molar-refractivity contribution in [3.05, 3.63) is 56.2 Å². The molecule has 0 saturated heterocycles. The van der Waals surface area contributed by atoms with Crippen molar-refractivity contribution in [1.82, 2.24) is 0 Å². The molecular weight excluding hydrogens is 306 g/mol. The van der Waals surface area contributed by atoms with Gasteiger partial charge in [-0.25, -0.2) is 0 Å². The van der Waals surface area contributed by atoms with Crippen LogP contribution in [0.1, 0.15) is 28.2 Å². The van der Waals surface area contributed by atoms with Gasteiger partial charge in [-0.15, -0.1) is 11.3 Å². The molecule has 1 heterocycles. The second-order valence-electron chi connectivity index (χ2n) is 4.41. The van der Waals surface area contributed by atoms with Gasteiger partial charge in [-0.3, -0.25) is 0 Å². The third-order valence-corrected chi connectivity index (χ3v) is 4.92. The van der Waals surface area contributed by atoms with E-state index in [0.29, 0.717) is 12.5 Å². The van der Waals surface area contributed by atoms with Gasteiger partial charge in [0.25, 0.3) is 0 Å². The van der Waals surface area contributed by atoms with Crippen molar-refractivity contribution in [3.8, 4) is 0 Å². The molecule has 2 rings (SSSR count). The molecule has 2 N–H and O–H groups in total. The van der Waals surface area contributed by atoms with Crippen molar-refractivity contribution in [2.45, 2.75) is 25.7 Å². The Bertz CT molecular complexity index is 489. The van der Waals surface area contributed by atoms with Crippen molar-refractivity contribution in [1.29, 1.82) is 0 Å². The number of halogens is 1. The third kappa shape index (κ3) is 3.44. The number of rotatable bonds is 5. The predicted molar refractivity (Wildman–Crippen MR) is 83.3 cm³/mol. The number of benzene rings is 1. The van der Waals surface area contributed by atoms with E-state index in [1.807, 2.05) is 11.3 Å². The standard InChI is InChI=1S/C15H18BrNS/c1-2-14-7-8-15(18-14)9-12(10-17)11-3-5-13(16)6-4-11/h3-8,12H,2,9-10,17H2,1H3. The highest BCUT2D eigenvalue weighted by Gasteiger charge is 2.12. The monoisotopic (exact) mass is 323 g/mol. The quantitative estimate of drug-likeness (QED) is 0.869. The third-order valence-electron chi connectivity index (χ3n) is 3.14. The Morgan fingerprint density at radius 1 is 1.11 bits per heavy atom. The van der Waals surface area contributed by atoms with Crippen molar-refractivity contribution in [3.63, 3.8) is 0 Å². The second kappa shape index (κ2) is 6.50. The first-order chi connectivity index (χ1) is 8.72. The van der Waals surface area contributed by atoms with E-state index in [2.05, 4.69) is 59.3 Å². The molecule has 0 bridgehead atoms. The molecule has 0 spiro atoms. The lowest BCUT2D eigenvalue weighted by Gasteiger charge is -2.14. The normalized spacial score (nSPS) is 12.6. The van der Waals surface area contributed by atoms with E-state index in [1.165, 1.54) is 15.3 Å². The van der Waals surface area contributed by atoms with Gasteiger partial charge in [-0.2, -0.15) is 0 Å². The van der Waals surface area contributed by atoms with Crippen molar-refractivity contribution >= 4 is 27.3 Å². The van der Waals surface area contributed by atoms with Crippen LogP contribution >= 0.6 is 27.3 Å². The lowest BCUT2D eigenvalue weighted by Crippen LogP contribution is -2.14. The maximum Gasteiger partial charge on any atom is 0.0175 e. The first-order valence-electron chi connectivity index (χ1n) is 6.26. The van der Waals surface area contributed by atoms with Gasteiger partial charge < -0.3 is 5.73 Å². The zero-order valence-corrected chi connectivity index (χ0v) is 12.9. The number of nitrogens with two attached hydrogens (primary N) is 1. The molecule has 2 aromatic rings. The van der Waals surface area contributed by atoms with E-state index in [0.717, 1.165) is 17.3 Å². The first-order valence-corrected chi connectivity index (χ1v) is 7.87. The lowest BCUT2D eigenvalue weighted by atomic mass is 9.95. The van der Waals surface area contributed by atoms with Gasteiger partial charge in [0.2, 0.25) is 0 Å². The van der Waals surface area contributed by atoms with E-state index < -0.39 is 0 Å². The minimum absolute atomic E-state index is 0.418. The summed E-state index contributed by atoms with van der Waals surface area (Å²) in [5.41, 5.74) is 7.25. The van der Waals surface area contributed by atoms with Crippen molar-refractivity contribution < 1.29 is 0 Å². The Hall–Kier alpha value is -0.640. The van der Waals surface area contributed by atoms with Crippen LogP contribution in [0.5, 0.6) is 0 Å². The van der Waals surface area contributed by atoms with Crippen LogP contribution in [-0.2, 0) is 12.8 Å². The molecule has 0 aliphatic rings. The Balaban J connectivity index is 2.11. The highest BCUT2D eigenvalue weighted by Crippen LogP contribution is 2.26. The van der Waals surface area contributed by atoms with Crippen LogP contribution in [-0.4, -0.2) is 6.54 Å². The van der Waals surface area contributed by atoms with Gasteiger partial charge in [-0.1, -0.05) is 35.0 Å². The molecule has 18 heavy (non-hydrogen) atoms. The van der Waals surface area contributed by atoms with Crippen LogP contribution < -0.4 is 5.73 Å². The van der Waals surface area contributed by atoms with E-state index in [1.54, 1.807) is 0 Å². The summed E-state index contributed by atoms with van der Waals surface area (Å²) >= 11 is 5.38. The fourth-order valence-corrected chi connectivity index (χ4v) is 3.34. The Kier molecular flexibility index (Phi) is 4.98. The summed E-state index contributed by atoms with van der Waals surface area (Å²) in [6.07, 6.45) is 2.17. The lowest BCUT2D eigenvalue weighted by molar-refractivity contribution is 0.701. The summed E-state index contributed by atoms with van der Waals surface area (Å²) < 4.78 is 1.12. The molecule has 1 unspecified atom stereocenters. The van der Waals surface area contributed by atoms with Gasteiger partial charge in [0.1, 0.15) is 0 Å². The number of aryl methyl sites for hydroxylation is 1. The molecule has 0 amide bonds. The molecule has 1 nitrogen and oxygen atoms in total. The average Bonchev–Trinajstić information content (AvgIpc) is 2.85. The van der Waals surface area contributed by atoms with Gasteiger partial charge in [-0.05, 0) is 49.2 Å². The highest BCUT2D eigenvalue weighted by atomic mass is 79.9. The van der Waals surface area contributed by atoms with Crippen molar-refractivity contribution in [2.75, 3.05) is 6.54 Å². The molecule has 0 fully saturated rings. The van der Waals surface area contributed by atoms with Crippen LogP contribution in [0.2, 0.25) is 0 Å². The average molecular weight is 324 g/mol. The van der Waals surface area contributed by atoms with Crippen LogP contribution in [0.25, 0.3) is 0 Å². The van der Waals surface area contributed by atoms with Crippen molar-refractivity contribution in [2.24, 2.45) is 5.73 Å². The molecule has 96 valence electrons. The molecule has 3 heteroatoms. The van der Waals surface area contributed by atoms with Crippen LogP contribution in [0, 0.1) is 0 Å². The molecule has 1 aromatic carbocycles. The first kappa shape index (κ1) is 13.8. The zero-order valence-electron chi connectivity index (χ0n) is 10.5. The van der Waals surface area contributed by atoms with Crippen LogP contribution in [0.3, 0.4) is 0 Å². The van der Waals surface area contributed by atoms with E-state index in [9.17, 15) is 0 Å². The summed E-state index contributed by atoms with van der Waals surface area (Å²) in [5, 5.41) is 0. The number of thiophene rings is 1. The maximum atomic E-state index is 5.92. The predicted octanol–water partition coefficient (Wildman–Crippen LogP) is 4.36. The fourth-order valence-electron chi connectivity index (χ4n) is 2.04. The molecule has 0 aliphatic heterocycles. The largest absolute Gasteiger partial charge is 0.330 e. The molecule has 1 aromatic heterocycles. The molecule has 0 aliphatic carbocycles. The van der Waals surface area contributed by atoms with Gasteiger partial charge >= 0.3 is 0 Å². The summed E-state index contributed by atoms with van der Waals surface area (Å²) in [4.78, 5) is 2.89. The van der Waals surface area contributed by atoms with Crippen LogP contribution in [0.4, 0.5) is 0 Å². The van der Waals surface area contributed by atoms with Gasteiger partial charge in [0.15, 0.2) is 0 Å². The molecule has 0 radical (unpaired) electrons. The van der Waals surface area contributed by atoms with E-state index in [-0.39, 0.29) is 0 Å². The summed E-state index contributed by atoms with van der Waals surface area (Å²) in [5.74, 6) is 0.418. The smallest absolute Gasteiger partial charge is 0.0175 e. The molecular formula is C15H18BrNS. The van der Waals surface area contributed by atoms with Gasteiger partial charge in [0, 0.05) is 20.1 Å². The minimum Gasteiger partial charge on any atom is -0.330 e. The number of hydrogen-bond donors (Lipinski definition) is 1. The Morgan fingerprint density at radius 2 is 1.78 bits per heavy atom. The molecule has 1 atom stereocenters. The maximum absolute atomic E-state index is 5.92. The van der Waals surface area contributed by atoms with E-state index in [4.69, 9.17) is 5.73 Å². The SMILES string of the molecule is CCc1ccc(CC(CN)c2ccc(Br)cc2)s1.